The quantitative estimate of drug-likeness (QED) is 0.653. The Bertz CT molecular complexity index is 1080. The summed E-state index contributed by atoms with van der Waals surface area (Å²) in [5.41, 5.74) is 6.62. The average molecular weight is 369 g/mol. The highest BCUT2D eigenvalue weighted by Crippen LogP contribution is 2.26. The number of nitrogen functional groups attached to an aromatic ring is 1. The van der Waals surface area contributed by atoms with Crippen LogP contribution in [0.5, 0.6) is 0 Å². The fourth-order valence-corrected chi connectivity index (χ4v) is 2.61. The highest BCUT2D eigenvalue weighted by molar-refractivity contribution is 5.56. The lowest BCUT2D eigenvalue weighted by molar-refractivity contribution is -0.0867. The van der Waals surface area contributed by atoms with Crippen LogP contribution in [-0.2, 0) is 6.54 Å². The van der Waals surface area contributed by atoms with Gasteiger partial charge in [0.2, 0.25) is 0 Å². The molecule has 0 bridgehead atoms. The van der Waals surface area contributed by atoms with Crippen LogP contribution in [0.4, 0.5) is 18.9 Å². The maximum absolute atomic E-state index is 13.1. The lowest BCUT2D eigenvalue weighted by atomic mass is 10.1. The number of hydrogen-bond donors (Lipinski definition) is 1. The van der Waals surface area contributed by atoms with Crippen LogP contribution in [0.25, 0.3) is 12.7 Å². The standard InChI is InChI=1S/C21H18F3N3/c1-4-16(21(22,23)24)12-20-14(3)18(13-25)19(27(20)5-2)11-8-15-6-9-17(26)10-7-15/h4,6-7,9-10,12H,3,5,26H2,1-2H3/b16-4+,20-12+. The number of halogens is 3. The molecule has 0 aliphatic heterocycles. The van der Waals surface area contributed by atoms with Crippen molar-refractivity contribution in [3.8, 4) is 17.9 Å². The summed E-state index contributed by atoms with van der Waals surface area (Å²) in [4.78, 5) is 0. The topological polar surface area (TPSA) is 54.7 Å². The van der Waals surface area contributed by atoms with Gasteiger partial charge in [-0.25, -0.2) is 0 Å². The summed E-state index contributed by atoms with van der Waals surface area (Å²) in [5.74, 6) is 5.82. The summed E-state index contributed by atoms with van der Waals surface area (Å²) in [7, 11) is 0. The molecule has 1 heterocycles. The molecule has 0 fully saturated rings. The van der Waals surface area contributed by atoms with Gasteiger partial charge in [-0.15, -0.1) is 0 Å². The van der Waals surface area contributed by atoms with Crippen LogP contribution in [-0.4, -0.2) is 10.7 Å². The van der Waals surface area contributed by atoms with Crippen LogP contribution in [0.15, 0.2) is 35.9 Å². The lowest BCUT2D eigenvalue weighted by Gasteiger charge is -2.07. The van der Waals surface area contributed by atoms with Gasteiger partial charge >= 0.3 is 6.18 Å². The first-order chi connectivity index (χ1) is 12.7. The SMILES string of the molecule is C=c1c(C#N)c(C#Cc2ccc(N)cc2)n(CC)/c1=C/C(=C\C)C(F)(F)F. The second-order valence-electron chi connectivity index (χ2n) is 5.70. The predicted octanol–water partition coefficient (Wildman–Crippen LogP) is 3.06. The van der Waals surface area contributed by atoms with Crippen molar-refractivity contribution in [1.82, 2.24) is 4.57 Å². The van der Waals surface area contributed by atoms with E-state index in [1.165, 1.54) is 6.92 Å². The molecule has 0 aliphatic carbocycles. The highest BCUT2D eigenvalue weighted by atomic mass is 19.4. The molecule has 6 heteroatoms. The third-order valence-corrected chi connectivity index (χ3v) is 4.00. The van der Waals surface area contributed by atoms with Gasteiger partial charge in [-0.05, 0) is 50.1 Å². The average Bonchev–Trinajstić information content (AvgIpc) is 2.88. The highest BCUT2D eigenvalue weighted by Gasteiger charge is 2.31. The van der Waals surface area contributed by atoms with Crippen LogP contribution >= 0.6 is 0 Å². The molecule has 0 atom stereocenters. The molecule has 0 aliphatic rings. The van der Waals surface area contributed by atoms with Crippen molar-refractivity contribution in [2.24, 2.45) is 0 Å². The Morgan fingerprint density at radius 1 is 1.26 bits per heavy atom. The molecule has 1 aromatic carbocycles. The van der Waals surface area contributed by atoms with Gasteiger partial charge in [0.1, 0.15) is 11.8 Å². The Balaban J connectivity index is 2.73. The summed E-state index contributed by atoms with van der Waals surface area (Å²) >= 11 is 0. The first kappa shape index (κ1) is 19.9. The van der Waals surface area contributed by atoms with Crippen molar-refractivity contribution in [3.63, 3.8) is 0 Å². The number of hydrogen-bond acceptors (Lipinski definition) is 2. The number of nitrogens with two attached hydrogens (primary N) is 1. The number of nitriles is 1. The largest absolute Gasteiger partial charge is 0.416 e. The molecule has 2 aromatic rings. The minimum atomic E-state index is -4.49. The van der Waals surface area contributed by atoms with E-state index < -0.39 is 11.7 Å². The number of anilines is 1. The van der Waals surface area contributed by atoms with E-state index in [2.05, 4.69) is 18.4 Å². The Morgan fingerprint density at radius 2 is 1.89 bits per heavy atom. The van der Waals surface area contributed by atoms with Crippen molar-refractivity contribution in [2.45, 2.75) is 26.6 Å². The number of aromatic nitrogens is 1. The van der Waals surface area contributed by atoms with Crippen LogP contribution in [0.3, 0.4) is 0 Å². The molecular formula is C21H18F3N3. The molecule has 138 valence electrons. The second-order valence-corrected chi connectivity index (χ2v) is 5.70. The van der Waals surface area contributed by atoms with Crippen molar-refractivity contribution >= 4 is 18.3 Å². The van der Waals surface area contributed by atoms with Gasteiger partial charge in [-0.1, -0.05) is 18.6 Å². The molecule has 0 spiro atoms. The molecule has 0 saturated heterocycles. The number of benzene rings is 1. The van der Waals surface area contributed by atoms with E-state index in [4.69, 9.17) is 5.73 Å². The second kappa shape index (κ2) is 7.88. The molecule has 0 unspecified atom stereocenters. The number of nitrogens with zero attached hydrogens (tertiary/aromatic N) is 2. The minimum Gasteiger partial charge on any atom is -0.399 e. The number of rotatable bonds is 2. The zero-order valence-electron chi connectivity index (χ0n) is 15.0. The molecule has 2 N–H and O–H groups in total. The maximum Gasteiger partial charge on any atom is 0.416 e. The predicted molar refractivity (Wildman–Crippen MR) is 101 cm³/mol. The van der Waals surface area contributed by atoms with Crippen LogP contribution in [0.2, 0.25) is 0 Å². The van der Waals surface area contributed by atoms with Crippen molar-refractivity contribution in [3.05, 3.63) is 63.3 Å². The molecule has 3 nitrogen and oxygen atoms in total. The molecule has 0 radical (unpaired) electrons. The Labute approximate surface area is 155 Å². The van der Waals surface area contributed by atoms with Crippen molar-refractivity contribution in [1.29, 1.82) is 5.26 Å². The summed E-state index contributed by atoms with van der Waals surface area (Å²) in [5, 5.41) is 9.93. The summed E-state index contributed by atoms with van der Waals surface area (Å²) in [6.07, 6.45) is -2.51. The monoisotopic (exact) mass is 369 g/mol. The van der Waals surface area contributed by atoms with E-state index in [-0.39, 0.29) is 16.1 Å². The van der Waals surface area contributed by atoms with E-state index in [1.54, 1.807) is 35.8 Å². The van der Waals surface area contributed by atoms with Crippen molar-refractivity contribution < 1.29 is 13.2 Å². The van der Waals surface area contributed by atoms with Gasteiger partial charge in [0.25, 0.3) is 0 Å². The first-order valence-electron chi connectivity index (χ1n) is 8.17. The number of allylic oxidation sites excluding steroid dienone is 2. The smallest absolute Gasteiger partial charge is 0.399 e. The maximum atomic E-state index is 13.1. The van der Waals surface area contributed by atoms with Gasteiger partial charge < -0.3 is 10.3 Å². The van der Waals surface area contributed by atoms with Gasteiger partial charge in [0, 0.05) is 23.0 Å². The Kier molecular flexibility index (Phi) is 5.82. The summed E-state index contributed by atoms with van der Waals surface area (Å²) in [6, 6.07) is 8.86. The third kappa shape index (κ3) is 4.24. The zero-order chi connectivity index (χ0) is 20.2. The van der Waals surface area contributed by atoms with Gasteiger partial charge in [-0.3, -0.25) is 0 Å². The molecule has 2 rings (SSSR count). The molecule has 0 saturated carbocycles. The molecular weight excluding hydrogens is 351 g/mol. The van der Waals surface area contributed by atoms with Crippen molar-refractivity contribution in [2.75, 3.05) is 5.73 Å². The summed E-state index contributed by atoms with van der Waals surface area (Å²) < 4.78 is 41.0. The normalized spacial score (nSPS) is 12.4. The van der Waals surface area contributed by atoms with E-state index in [9.17, 15) is 18.4 Å². The molecule has 1 aromatic heterocycles. The lowest BCUT2D eigenvalue weighted by Crippen LogP contribution is -2.30. The van der Waals surface area contributed by atoms with Crippen LogP contribution < -0.4 is 16.3 Å². The minimum absolute atomic E-state index is 0.170. The van der Waals surface area contributed by atoms with Gasteiger partial charge in [0.05, 0.1) is 16.5 Å². The van der Waals surface area contributed by atoms with Crippen LogP contribution in [0.1, 0.15) is 30.7 Å². The molecule has 0 amide bonds. The molecule has 27 heavy (non-hydrogen) atoms. The zero-order valence-corrected chi connectivity index (χ0v) is 15.0. The third-order valence-electron chi connectivity index (χ3n) is 4.00. The Hall–Kier alpha value is -3.38. The summed E-state index contributed by atoms with van der Waals surface area (Å²) in [6.45, 7) is 7.23. The fourth-order valence-electron chi connectivity index (χ4n) is 2.61. The van der Waals surface area contributed by atoms with Gasteiger partial charge in [-0.2, -0.15) is 18.4 Å². The first-order valence-corrected chi connectivity index (χ1v) is 8.17. The Morgan fingerprint density at radius 3 is 2.37 bits per heavy atom. The van der Waals surface area contributed by atoms with E-state index >= 15 is 0 Å². The fraction of sp³-hybridized carbons (Fsp3) is 0.190. The van der Waals surface area contributed by atoms with E-state index in [0.717, 1.165) is 12.2 Å². The van der Waals surface area contributed by atoms with Gasteiger partial charge in [0.15, 0.2) is 0 Å². The van der Waals surface area contributed by atoms with E-state index in [0.29, 0.717) is 23.5 Å². The van der Waals surface area contributed by atoms with Crippen LogP contribution in [0, 0.1) is 23.2 Å². The van der Waals surface area contributed by atoms with E-state index in [1.807, 2.05) is 6.07 Å². The number of alkyl halides is 3.